The number of aryl methyl sites for hydroxylation is 2. The minimum absolute atomic E-state index is 0.0758. The number of piperazine rings is 1. The summed E-state index contributed by atoms with van der Waals surface area (Å²) in [5, 5.41) is 1.39. The molecule has 2 aromatic heterocycles. The third kappa shape index (κ3) is 4.05. The number of aromatic nitrogens is 1. The van der Waals surface area contributed by atoms with Gasteiger partial charge in [-0.05, 0) is 49.7 Å². The molecule has 0 radical (unpaired) electrons. The normalized spacial score (nSPS) is 14.0. The van der Waals surface area contributed by atoms with E-state index in [0.29, 0.717) is 42.5 Å². The number of furan rings is 1. The zero-order valence-corrected chi connectivity index (χ0v) is 19.8. The Hall–Kier alpha value is -3.64. The number of fused-ring (bicyclic) bond motifs is 1. The molecule has 0 spiro atoms. The number of nitrogens with zero attached hydrogens (tertiary/aromatic N) is 3. The predicted octanol–water partition coefficient (Wildman–Crippen LogP) is 5.36. The molecular weight excluding hydrogens is 450 g/mol. The molecule has 172 valence electrons. The number of benzene rings is 2. The van der Waals surface area contributed by atoms with E-state index in [1.54, 1.807) is 21.9 Å². The van der Waals surface area contributed by atoms with Crippen LogP contribution in [-0.4, -0.2) is 52.8 Å². The lowest BCUT2D eigenvalue weighted by Gasteiger charge is -2.34. The largest absolute Gasteiger partial charge is 0.459 e. The molecule has 2 amide bonds. The number of hydrogen-bond donors (Lipinski definition) is 0. The van der Waals surface area contributed by atoms with Crippen LogP contribution < -0.4 is 0 Å². The average Bonchev–Trinajstić information content (AvgIpc) is 3.40. The van der Waals surface area contributed by atoms with Gasteiger partial charge in [0.2, 0.25) is 0 Å². The number of halogens is 1. The van der Waals surface area contributed by atoms with Crippen LogP contribution in [0.3, 0.4) is 0 Å². The van der Waals surface area contributed by atoms with Gasteiger partial charge in [-0.2, -0.15) is 0 Å². The Morgan fingerprint density at radius 1 is 0.912 bits per heavy atom. The van der Waals surface area contributed by atoms with Crippen LogP contribution >= 0.6 is 11.6 Å². The Morgan fingerprint density at radius 2 is 1.65 bits per heavy atom. The second-order valence-electron chi connectivity index (χ2n) is 8.55. The molecule has 1 fully saturated rings. The summed E-state index contributed by atoms with van der Waals surface area (Å²) in [5.41, 5.74) is 4.96. The molecule has 0 bridgehead atoms. The first-order valence-corrected chi connectivity index (χ1v) is 11.6. The van der Waals surface area contributed by atoms with E-state index < -0.39 is 0 Å². The van der Waals surface area contributed by atoms with Gasteiger partial charge in [-0.25, -0.2) is 4.98 Å². The molecule has 4 aromatic rings. The Morgan fingerprint density at radius 3 is 2.32 bits per heavy atom. The quantitative estimate of drug-likeness (QED) is 0.401. The number of rotatable bonds is 3. The van der Waals surface area contributed by atoms with Gasteiger partial charge < -0.3 is 14.2 Å². The topological polar surface area (TPSA) is 66.7 Å². The maximum Gasteiger partial charge on any atom is 0.289 e. The lowest BCUT2D eigenvalue weighted by Crippen LogP contribution is -2.50. The number of pyridine rings is 1. The fourth-order valence-electron chi connectivity index (χ4n) is 4.37. The molecule has 7 heteroatoms. The standard InChI is InChI=1S/C27H24ClN3O3/c1-17-5-3-6-19(15-17)23-16-21(20-8-9-22(28)18(2)25(20)29-23)26(32)30-10-12-31(13-11-30)27(33)24-7-4-14-34-24/h3-9,14-16H,10-13H2,1-2H3. The smallest absolute Gasteiger partial charge is 0.289 e. The molecule has 0 atom stereocenters. The molecule has 0 unspecified atom stereocenters. The van der Waals surface area contributed by atoms with Crippen molar-refractivity contribution in [3.8, 4) is 11.3 Å². The van der Waals surface area contributed by atoms with Crippen molar-refractivity contribution < 1.29 is 14.0 Å². The first-order valence-electron chi connectivity index (χ1n) is 11.2. The highest BCUT2D eigenvalue weighted by Gasteiger charge is 2.28. The third-order valence-corrected chi connectivity index (χ3v) is 6.71. The van der Waals surface area contributed by atoms with Crippen LogP contribution in [-0.2, 0) is 0 Å². The summed E-state index contributed by atoms with van der Waals surface area (Å²) in [6.45, 7) is 5.74. The van der Waals surface area contributed by atoms with Gasteiger partial charge in [-0.15, -0.1) is 0 Å². The van der Waals surface area contributed by atoms with Crippen molar-refractivity contribution in [1.82, 2.24) is 14.8 Å². The Balaban J connectivity index is 1.48. The molecule has 5 rings (SSSR count). The lowest BCUT2D eigenvalue weighted by molar-refractivity contribution is 0.0519. The summed E-state index contributed by atoms with van der Waals surface area (Å²) in [5.74, 6) is 0.0848. The molecular formula is C27H24ClN3O3. The summed E-state index contributed by atoms with van der Waals surface area (Å²) in [6.07, 6.45) is 1.49. The van der Waals surface area contributed by atoms with E-state index in [-0.39, 0.29) is 11.8 Å². The molecule has 6 nitrogen and oxygen atoms in total. The van der Waals surface area contributed by atoms with Gasteiger partial charge in [-0.1, -0.05) is 41.4 Å². The van der Waals surface area contributed by atoms with Crippen LogP contribution in [0.4, 0.5) is 0 Å². The van der Waals surface area contributed by atoms with Crippen LogP contribution in [0.1, 0.15) is 32.0 Å². The molecule has 0 saturated carbocycles. The van der Waals surface area contributed by atoms with Crippen LogP contribution in [0.2, 0.25) is 5.02 Å². The van der Waals surface area contributed by atoms with Crippen molar-refractivity contribution in [2.45, 2.75) is 13.8 Å². The van der Waals surface area contributed by atoms with Crippen LogP contribution in [0, 0.1) is 13.8 Å². The van der Waals surface area contributed by atoms with E-state index in [0.717, 1.165) is 33.3 Å². The fraction of sp³-hybridized carbons (Fsp3) is 0.222. The second kappa shape index (κ2) is 8.95. The van der Waals surface area contributed by atoms with Gasteiger partial charge >= 0.3 is 0 Å². The van der Waals surface area contributed by atoms with Crippen molar-refractivity contribution in [3.05, 3.63) is 88.3 Å². The Bertz CT molecular complexity index is 1390. The first kappa shape index (κ1) is 22.2. The summed E-state index contributed by atoms with van der Waals surface area (Å²) in [6, 6.07) is 17.0. The van der Waals surface area contributed by atoms with Crippen molar-refractivity contribution in [2.75, 3.05) is 26.2 Å². The summed E-state index contributed by atoms with van der Waals surface area (Å²) in [7, 11) is 0. The molecule has 1 saturated heterocycles. The van der Waals surface area contributed by atoms with Crippen molar-refractivity contribution in [2.24, 2.45) is 0 Å². The number of carbonyl (C=O) groups is 2. The summed E-state index contributed by atoms with van der Waals surface area (Å²) >= 11 is 6.40. The molecule has 0 aliphatic carbocycles. The van der Waals surface area contributed by atoms with Gasteiger partial charge in [0.25, 0.3) is 11.8 Å². The zero-order valence-electron chi connectivity index (χ0n) is 19.0. The van der Waals surface area contributed by atoms with E-state index in [9.17, 15) is 9.59 Å². The molecule has 2 aromatic carbocycles. The predicted molar refractivity (Wildman–Crippen MR) is 132 cm³/mol. The van der Waals surface area contributed by atoms with E-state index in [1.165, 1.54) is 6.26 Å². The summed E-state index contributed by atoms with van der Waals surface area (Å²) < 4.78 is 5.24. The van der Waals surface area contributed by atoms with Gasteiger partial charge in [0.1, 0.15) is 0 Å². The zero-order chi connectivity index (χ0) is 23.8. The Kier molecular flexibility index (Phi) is 5.84. The van der Waals surface area contributed by atoms with Crippen LogP contribution in [0.5, 0.6) is 0 Å². The number of amides is 2. The van der Waals surface area contributed by atoms with Crippen molar-refractivity contribution in [3.63, 3.8) is 0 Å². The van der Waals surface area contributed by atoms with E-state index in [2.05, 4.69) is 6.07 Å². The van der Waals surface area contributed by atoms with Gasteiger partial charge in [0.15, 0.2) is 5.76 Å². The van der Waals surface area contributed by atoms with Crippen LogP contribution in [0.25, 0.3) is 22.2 Å². The SMILES string of the molecule is Cc1cccc(-c2cc(C(=O)N3CCN(C(=O)c4ccco4)CC3)c3ccc(Cl)c(C)c3n2)c1. The molecule has 34 heavy (non-hydrogen) atoms. The monoisotopic (exact) mass is 473 g/mol. The van der Waals surface area contributed by atoms with Gasteiger partial charge in [0, 0.05) is 42.2 Å². The van der Waals surface area contributed by atoms with Gasteiger partial charge in [-0.3, -0.25) is 9.59 Å². The summed E-state index contributed by atoms with van der Waals surface area (Å²) in [4.78, 5) is 34.7. The first-order chi connectivity index (χ1) is 16.4. The van der Waals surface area contributed by atoms with Crippen molar-refractivity contribution in [1.29, 1.82) is 0 Å². The van der Waals surface area contributed by atoms with Gasteiger partial charge in [0.05, 0.1) is 23.0 Å². The van der Waals surface area contributed by atoms with E-state index in [4.69, 9.17) is 21.0 Å². The Labute approximate surface area is 202 Å². The maximum absolute atomic E-state index is 13.7. The maximum atomic E-state index is 13.7. The molecule has 1 aliphatic rings. The highest BCUT2D eigenvalue weighted by Crippen LogP contribution is 2.31. The number of hydrogen-bond acceptors (Lipinski definition) is 4. The highest BCUT2D eigenvalue weighted by molar-refractivity contribution is 6.32. The second-order valence-corrected chi connectivity index (χ2v) is 8.96. The minimum atomic E-state index is -0.154. The lowest BCUT2D eigenvalue weighted by atomic mass is 10.00. The molecule has 3 heterocycles. The highest BCUT2D eigenvalue weighted by atomic mass is 35.5. The van der Waals surface area contributed by atoms with Crippen LogP contribution in [0.15, 0.2) is 65.3 Å². The van der Waals surface area contributed by atoms with Crippen molar-refractivity contribution >= 4 is 34.3 Å². The average molecular weight is 474 g/mol. The number of carbonyl (C=O) groups excluding carboxylic acids is 2. The van der Waals surface area contributed by atoms with E-state index >= 15 is 0 Å². The minimum Gasteiger partial charge on any atom is -0.459 e. The molecule has 1 aliphatic heterocycles. The van der Waals surface area contributed by atoms with E-state index in [1.807, 2.05) is 50.2 Å². The fourth-order valence-corrected chi connectivity index (χ4v) is 4.52. The molecule has 0 N–H and O–H groups in total. The third-order valence-electron chi connectivity index (χ3n) is 6.30.